The van der Waals surface area contributed by atoms with Gasteiger partial charge >= 0.3 is 13.2 Å². The molecule has 0 atom stereocenters. The molecular weight excluding hydrogens is 359 g/mol. The maximum Gasteiger partial charge on any atom is 0.498 e. The van der Waals surface area contributed by atoms with Gasteiger partial charge in [-0.25, -0.2) is 14.8 Å². The number of aromatic nitrogens is 2. The fraction of sp³-hybridized carbons (Fsp3) is 0.737. The molecule has 0 saturated carbocycles. The number of carbonyl (C=O) groups excluding carboxylic acids is 1. The molecule has 1 aromatic rings. The summed E-state index contributed by atoms with van der Waals surface area (Å²) in [4.78, 5) is 20.8. The third-order valence-electron chi connectivity index (χ3n) is 4.51. The topological polar surface area (TPSA) is 77.0 Å². The number of nitrogens with zero attached hydrogens (tertiary/aromatic N) is 4. The Hall–Kier alpha value is -1.87. The highest BCUT2D eigenvalue weighted by atomic mass is 16.7. The maximum absolute atomic E-state index is 12.8. The lowest BCUT2D eigenvalue weighted by Crippen LogP contribution is -2.50. The van der Waals surface area contributed by atoms with E-state index in [1.165, 1.54) is 33.2 Å². The molecule has 0 spiro atoms. The van der Waals surface area contributed by atoms with Crippen LogP contribution in [0.4, 0.5) is 10.7 Å². The lowest BCUT2D eigenvalue weighted by molar-refractivity contribution is 0.00578. The average molecular weight is 398 g/mol. The molecule has 2 fully saturated rings. The van der Waals surface area contributed by atoms with E-state index in [2.05, 4.69) is 9.97 Å². The summed E-state index contributed by atoms with van der Waals surface area (Å²) in [5.74, 6) is -0.637. The van der Waals surface area contributed by atoms with Crippen molar-refractivity contribution in [1.82, 2.24) is 14.9 Å². The van der Waals surface area contributed by atoms with E-state index in [-0.39, 0.29) is 9.80 Å². The molecule has 3 rings (SSSR count). The molecule has 1 aromatic heterocycles. The zero-order chi connectivity index (χ0) is 27.9. The molecule has 0 radical (unpaired) electrons. The first kappa shape index (κ1) is 12.6. The van der Waals surface area contributed by atoms with Crippen molar-refractivity contribution in [3.8, 4) is 0 Å². The second kappa shape index (κ2) is 7.19. The molecule has 3 heterocycles. The number of hydrogen-bond acceptors (Lipinski definition) is 7. The highest BCUT2D eigenvalue weighted by Crippen LogP contribution is 2.36. The van der Waals surface area contributed by atoms with Gasteiger partial charge in [0.05, 0.1) is 22.2 Å². The molecule has 0 N–H and O–H groups in total. The van der Waals surface area contributed by atoms with Crippen molar-refractivity contribution in [2.45, 2.75) is 65.3 Å². The Morgan fingerprint density at radius 3 is 2.07 bits per heavy atom. The van der Waals surface area contributed by atoms with E-state index in [1.807, 2.05) is 27.7 Å². The van der Waals surface area contributed by atoms with Gasteiger partial charge in [-0.1, -0.05) is 0 Å². The van der Waals surface area contributed by atoms with E-state index in [1.54, 1.807) is 0 Å². The number of amides is 1. The summed E-state index contributed by atoms with van der Waals surface area (Å²) in [5.41, 5.74) is -2.14. The summed E-state index contributed by atoms with van der Waals surface area (Å²) < 4.78 is 84.3. The second-order valence-electron chi connectivity index (χ2n) is 8.50. The number of piperazine rings is 1. The quantitative estimate of drug-likeness (QED) is 0.704. The Morgan fingerprint density at radius 1 is 1.11 bits per heavy atom. The van der Waals surface area contributed by atoms with Crippen LogP contribution < -0.4 is 10.4 Å². The van der Waals surface area contributed by atoms with Crippen LogP contribution in [0.3, 0.4) is 0 Å². The molecule has 1 amide bonds. The number of carbonyl (C=O) groups is 1. The van der Waals surface area contributed by atoms with Gasteiger partial charge in [0.2, 0.25) is 5.95 Å². The summed E-state index contributed by atoms with van der Waals surface area (Å²) in [6.45, 7) is -1.69. The highest BCUT2D eigenvalue weighted by molar-refractivity contribution is 6.61. The third kappa shape index (κ3) is 4.41. The first-order valence-electron chi connectivity index (χ1n) is 12.9. The van der Waals surface area contributed by atoms with E-state index in [0.717, 1.165) is 0 Å². The molecule has 2 saturated heterocycles. The second-order valence-corrected chi connectivity index (χ2v) is 8.50. The van der Waals surface area contributed by atoms with Crippen LogP contribution in [0.5, 0.6) is 0 Å². The minimum Gasteiger partial charge on any atom is -0.444 e. The van der Waals surface area contributed by atoms with Gasteiger partial charge in [0.25, 0.3) is 0 Å². The number of hydrogen-bond donors (Lipinski definition) is 0. The lowest BCUT2D eigenvalue weighted by atomic mass is 9.81. The first-order chi connectivity index (χ1) is 15.9. The van der Waals surface area contributed by atoms with Crippen molar-refractivity contribution < 1.29 is 29.8 Å². The Labute approximate surface area is 178 Å². The SMILES string of the molecule is [2H]C1([2H])N(C(=O)OC(C)(C)C)C([2H])([2H])C([2H])([2H])N(c2ncc(B3OC(C)(C)C(C)(C)O3)cn2)C1([2H])[2H]. The van der Waals surface area contributed by atoms with Gasteiger partial charge in [-0.2, -0.15) is 0 Å². The van der Waals surface area contributed by atoms with E-state index >= 15 is 0 Å². The molecule has 0 aliphatic carbocycles. The Balaban J connectivity index is 2.04. The normalized spacial score (nSPS) is 33.2. The zero-order valence-electron chi connectivity index (χ0n) is 25.2. The van der Waals surface area contributed by atoms with Crippen LogP contribution in [0.25, 0.3) is 0 Å². The maximum atomic E-state index is 12.8. The van der Waals surface area contributed by atoms with Gasteiger partial charge in [0, 0.05) is 43.8 Å². The van der Waals surface area contributed by atoms with Gasteiger partial charge in [-0.3, -0.25) is 0 Å². The van der Waals surface area contributed by atoms with E-state index in [4.69, 9.17) is 25.0 Å². The fourth-order valence-corrected chi connectivity index (χ4v) is 2.30. The molecule has 2 aliphatic rings. The Bertz CT molecular complexity index is 989. The zero-order valence-corrected chi connectivity index (χ0v) is 17.2. The number of ether oxygens (including phenoxy) is 1. The predicted octanol–water partition coefficient (Wildman–Crippen LogP) is 1.83. The van der Waals surface area contributed by atoms with Crippen molar-refractivity contribution in [1.29, 1.82) is 0 Å². The molecule has 0 unspecified atom stereocenters. The molecular formula is C19H31BN4O4. The van der Waals surface area contributed by atoms with Crippen LogP contribution in [0.15, 0.2) is 12.4 Å². The molecule has 154 valence electrons. The lowest BCUT2D eigenvalue weighted by Gasteiger charge is -2.35. The largest absolute Gasteiger partial charge is 0.498 e. The van der Waals surface area contributed by atoms with Gasteiger partial charge in [-0.15, -0.1) is 0 Å². The van der Waals surface area contributed by atoms with Crippen LogP contribution in [0, 0.1) is 0 Å². The van der Waals surface area contributed by atoms with Crippen molar-refractivity contribution >= 4 is 24.6 Å². The average Bonchev–Trinajstić information content (AvgIpc) is 2.86. The molecule has 0 bridgehead atoms. The van der Waals surface area contributed by atoms with E-state index < -0.39 is 62.0 Å². The molecule has 9 heteroatoms. The summed E-state index contributed by atoms with van der Waals surface area (Å²) in [7, 11) is -0.862. The summed E-state index contributed by atoms with van der Waals surface area (Å²) in [6.07, 6.45) is 0.867. The van der Waals surface area contributed by atoms with E-state index in [0.29, 0.717) is 5.46 Å². The summed E-state index contributed by atoms with van der Waals surface area (Å²) >= 11 is 0. The fourth-order valence-electron chi connectivity index (χ4n) is 2.30. The van der Waals surface area contributed by atoms with E-state index in [9.17, 15) is 4.79 Å². The molecule has 8 nitrogen and oxygen atoms in total. The standard InChI is InChI=1S/C19H31BN4O4/c1-17(2,3)26-16(25)24-10-8-23(9-11-24)15-21-12-14(13-22-15)20-27-18(4,5)19(6,7)28-20/h12-13H,8-11H2,1-7H3/i8D2,9D2,10D2,11D2. The Morgan fingerprint density at radius 2 is 1.61 bits per heavy atom. The van der Waals surface area contributed by atoms with Crippen molar-refractivity contribution in [3.05, 3.63) is 12.4 Å². The highest BCUT2D eigenvalue weighted by Gasteiger charge is 2.52. The predicted molar refractivity (Wildman–Crippen MR) is 108 cm³/mol. The minimum absolute atomic E-state index is 0.162. The number of rotatable bonds is 2. The Kier molecular flexibility index (Phi) is 3.25. The molecule has 0 aromatic carbocycles. The van der Waals surface area contributed by atoms with Crippen LogP contribution in [0.2, 0.25) is 0 Å². The molecule has 28 heavy (non-hydrogen) atoms. The van der Waals surface area contributed by atoms with Gasteiger partial charge in [-0.05, 0) is 48.5 Å². The first-order valence-corrected chi connectivity index (χ1v) is 8.91. The third-order valence-corrected chi connectivity index (χ3v) is 4.51. The van der Waals surface area contributed by atoms with Crippen molar-refractivity contribution in [3.63, 3.8) is 0 Å². The van der Waals surface area contributed by atoms with Gasteiger partial charge in [0.1, 0.15) is 5.60 Å². The van der Waals surface area contributed by atoms with Crippen LogP contribution in [0.1, 0.15) is 59.4 Å². The minimum atomic E-state index is -3.40. The van der Waals surface area contributed by atoms with Gasteiger partial charge < -0.3 is 23.8 Å². The van der Waals surface area contributed by atoms with Crippen LogP contribution in [-0.2, 0) is 14.0 Å². The van der Waals surface area contributed by atoms with Gasteiger partial charge in [0.15, 0.2) is 0 Å². The summed E-state index contributed by atoms with van der Waals surface area (Å²) in [6, 6.07) is 0. The number of anilines is 1. The molecule has 2 aliphatic heterocycles. The van der Waals surface area contributed by atoms with Crippen LogP contribution in [-0.4, -0.2) is 70.9 Å². The smallest absolute Gasteiger partial charge is 0.444 e. The monoisotopic (exact) mass is 398 g/mol. The summed E-state index contributed by atoms with van der Waals surface area (Å²) in [5, 5.41) is 0. The van der Waals surface area contributed by atoms with Crippen molar-refractivity contribution in [2.24, 2.45) is 0 Å². The van der Waals surface area contributed by atoms with Crippen molar-refractivity contribution in [2.75, 3.05) is 30.9 Å². The van der Waals surface area contributed by atoms with Crippen LogP contribution >= 0.6 is 0 Å².